The van der Waals surface area contributed by atoms with Gasteiger partial charge >= 0.3 is 0 Å². The van der Waals surface area contributed by atoms with Gasteiger partial charge in [0.1, 0.15) is 23.3 Å². The Labute approximate surface area is 114 Å². The molecular formula is C15H13F4N. The minimum Gasteiger partial charge on any atom is -0.324 e. The van der Waals surface area contributed by atoms with Crippen LogP contribution in [0.25, 0.3) is 0 Å². The predicted octanol–water partition coefficient (Wildman–Crippen LogP) is 3.79. The van der Waals surface area contributed by atoms with Gasteiger partial charge in [0.05, 0.1) is 0 Å². The summed E-state index contributed by atoms with van der Waals surface area (Å²) in [6, 6.07) is 4.37. The molecule has 2 rings (SSSR count). The number of halogens is 4. The van der Waals surface area contributed by atoms with E-state index in [1.807, 2.05) is 0 Å². The molecule has 0 heterocycles. The SMILES string of the molecule is Cc1cc(F)c(C(N)Cc2c(F)cccc2F)cc1F. The zero-order valence-electron chi connectivity index (χ0n) is 10.8. The minimum atomic E-state index is -1.03. The Balaban J connectivity index is 2.33. The first kappa shape index (κ1) is 14.5. The van der Waals surface area contributed by atoms with Gasteiger partial charge < -0.3 is 5.73 Å². The van der Waals surface area contributed by atoms with E-state index < -0.39 is 29.3 Å². The number of nitrogens with two attached hydrogens (primary N) is 1. The zero-order chi connectivity index (χ0) is 14.9. The summed E-state index contributed by atoms with van der Waals surface area (Å²) in [6.45, 7) is 1.42. The van der Waals surface area contributed by atoms with Crippen LogP contribution in [0.4, 0.5) is 17.6 Å². The molecule has 0 radical (unpaired) electrons. The second-order valence-corrected chi connectivity index (χ2v) is 4.63. The molecule has 2 aromatic carbocycles. The normalized spacial score (nSPS) is 12.5. The Morgan fingerprint density at radius 1 is 0.950 bits per heavy atom. The van der Waals surface area contributed by atoms with Crippen LogP contribution in [0.2, 0.25) is 0 Å². The Morgan fingerprint density at radius 2 is 1.55 bits per heavy atom. The molecule has 0 aliphatic carbocycles. The van der Waals surface area contributed by atoms with E-state index in [4.69, 9.17) is 5.73 Å². The maximum Gasteiger partial charge on any atom is 0.129 e. The van der Waals surface area contributed by atoms with Crippen LogP contribution in [0.5, 0.6) is 0 Å². The first-order valence-corrected chi connectivity index (χ1v) is 6.04. The molecule has 0 amide bonds. The van der Waals surface area contributed by atoms with Crippen molar-refractivity contribution in [3.8, 4) is 0 Å². The summed E-state index contributed by atoms with van der Waals surface area (Å²) >= 11 is 0. The summed E-state index contributed by atoms with van der Waals surface area (Å²) in [5.41, 5.74) is 5.56. The van der Waals surface area contributed by atoms with E-state index in [1.165, 1.54) is 13.0 Å². The topological polar surface area (TPSA) is 26.0 Å². The van der Waals surface area contributed by atoms with Gasteiger partial charge in [-0.3, -0.25) is 0 Å². The van der Waals surface area contributed by atoms with Crippen LogP contribution >= 0.6 is 0 Å². The van der Waals surface area contributed by atoms with Gasteiger partial charge in [-0.1, -0.05) is 6.07 Å². The summed E-state index contributed by atoms with van der Waals surface area (Å²) < 4.78 is 54.2. The Morgan fingerprint density at radius 3 is 2.15 bits per heavy atom. The van der Waals surface area contributed by atoms with Gasteiger partial charge in [-0.25, -0.2) is 17.6 Å². The maximum atomic E-state index is 13.8. The van der Waals surface area contributed by atoms with E-state index >= 15 is 0 Å². The third kappa shape index (κ3) is 2.82. The highest BCUT2D eigenvalue weighted by molar-refractivity contribution is 5.30. The Kier molecular flexibility index (Phi) is 4.09. The molecule has 0 spiro atoms. The molecule has 2 N–H and O–H groups in total. The largest absolute Gasteiger partial charge is 0.324 e. The van der Waals surface area contributed by atoms with Crippen molar-refractivity contribution in [2.75, 3.05) is 0 Å². The monoisotopic (exact) mass is 283 g/mol. The molecule has 2 aromatic rings. The Bertz CT molecular complexity index is 620. The minimum absolute atomic E-state index is 0.101. The third-order valence-electron chi connectivity index (χ3n) is 3.16. The third-order valence-corrected chi connectivity index (χ3v) is 3.16. The highest BCUT2D eigenvalue weighted by Gasteiger charge is 2.18. The first-order chi connectivity index (χ1) is 9.40. The van der Waals surface area contributed by atoms with Crippen molar-refractivity contribution in [3.05, 3.63) is 70.3 Å². The number of hydrogen-bond acceptors (Lipinski definition) is 1. The lowest BCUT2D eigenvalue weighted by Crippen LogP contribution is -2.17. The zero-order valence-corrected chi connectivity index (χ0v) is 10.8. The van der Waals surface area contributed by atoms with Crippen LogP contribution in [0, 0.1) is 30.2 Å². The number of aryl methyl sites for hydroxylation is 1. The molecule has 0 aliphatic rings. The van der Waals surface area contributed by atoms with Crippen LogP contribution in [-0.4, -0.2) is 0 Å². The first-order valence-electron chi connectivity index (χ1n) is 6.04. The molecule has 0 saturated carbocycles. The highest BCUT2D eigenvalue weighted by Crippen LogP contribution is 2.24. The van der Waals surface area contributed by atoms with Crippen molar-refractivity contribution in [2.24, 2.45) is 5.73 Å². The smallest absolute Gasteiger partial charge is 0.129 e. The number of hydrogen-bond donors (Lipinski definition) is 1. The van der Waals surface area contributed by atoms with Crippen LogP contribution in [0.3, 0.4) is 0 Å². The molecular weight excluding hydrogens is 270 g/mol. The van der Waals surface area contributed by atoms with E-state index in [2.05, 4.69) is 0 Å². The quantitative estimate of drug-likeness (QED) is 0.852. The molecule has 1 unspecified atom stereocenters. The summed E-state index contributed by atoms with van der Waals surface area (Å²) in [4.78, 5) is 0. The van der Waals surface area contributed by atoms with Crippen molar-refractivity contribution < 1.29 is 17.6 Å². The molecule has 106 valence electrons. The molecule has 1 nitrogen and oxygen atoms in total. The number of benzene rings is 2. The van der Waals surface area contributed by atoms with E-state index in [9.17, 15) is 17.6 Å². The van der Waals surface area contributed by atoms with Crippen LogP contribution < -0.4 is 5.73 Å². The fourth-order valence-corrected chi connectivity index (χ4v) is 2.00. The molecule has 1 atom stereocenters. The number of rotatable bonds is 3. The fraction of sp³-hybridized carbons (Fsp3) is 0.200. The summed E-state index contributed by atoms with van der Waals surface area (Å²) in [5.74, 6) is -2.80. The van der Waals surface area contributed by atoms with Crippen molar-refractivity contribution >= 4 is 0 Å². The standard InChI is InChI=1S/C15H13F4N/c1-8-5-14(19)10(6-13(8)18)15(20)7-9-11(16)3-2-4-12(9)17/h2-6,15H,7,20H2,1H3. The predicted molar refractivity (Wildman–Crippen MR) is 68.1 cm³/mol. The van der Waals surface area contributed by atoms with Crippen LogP contribution in [0.1, 0.15) is 22.7 Å². The fourth-order valence-electron chi connectivity index (χ4n) is 2.00. The van der Waals surface area contributed by atoms with Gasteiger partial charge in [0.25, 0.3) is 0 Å². The van der Waals surface area contributed by atoms with Crippen molar-refractivity contribution in [2.45, 2.75) is 19.4 Å². The van der Waals surface area contributed by atoms with Crippen molar-refractivity contribution in [1.29, 1.82) is 0 Å². The van der Waals surface area contributed by atoms with Crippen molar-refractivity contribution in [1.82, 2.24) is 0 Å². The average molecular weight is 283 g/mol. The van der Waals surface area contributed by atoms with Gasteiger partial charge in [0, 0.05) is 17.2 Å². The lowest BCUT2D eigenvalue weighted by Gasteiger charge is -2.15. The molecule has 0 aromatic heterocycles. The molecule has 20 heavy (non-hydrogen) atoms. The average Bonchev–Trinajstić information content (AvgIpc) is 2.38. The highest BCUT2D eigenvalue weighted by atomic mass is 19.1. The lowest BCUT2D eigenvalue weighted by molar-refractivity contribution is 0.523. The second kappa shape index (κ2) is 5.63. The van der Waals surface area contributed by atoms with Gasteiger partial charge in [-0.05, 0) is 43.2 Å². The van der Waals surface area contributed by atoms with E-state index in [-0.39, 0.29) is 23.1 Å². The van der Waals surface area contributed by atoms with Gasteiger partial charge in [0.15, 0.2) is 0 Å². The summed E-state index contributed by atoms with van der Waals surface area (Å²) in [5, 5.41) is 0. The lowest BCUT2D eigenvalue weighted by atomic mass is 9.97. The molecule has 0 saturated heterocycles. The summed E-state index contributed by atoms with van der Waals surface area (Å²) in [6.07, 6.45) is -0.252. The van der Waals surface area contributed by atoms with Crippen LogP contribution in [0.15, 0.2) is 30.3 Å². The molecule has 0 aliphatic heterocycles. The Hall–Kier alpha value is -1.88. The van der Waals surface area contributed by atoms with Gasteiger partial charge in [-0.15, -0.1) is 0 Å². The van der Waals surface area contributed by atoms with Crippen LogP contribution in [-0.2, 0) is 6.42 Å². The van der Waals surface area contributed by atoms with E-state index in [0.717, 1.165) is 24.3 Å². The van der Waals surface area contributed by atoms with Gasteiger partial charge in [-0.2, -0.15) is 0 Å². The second-order valence-electron chi connectivity index (χ2n) is 4.63. The van der Waals surface area contributed by atoms with Gasteiger partial charge in [0.2, 0.25) is 0 Å². The van der Waals surface area contributed by atoms with E-state index in [1.54, 1.807) is 0 Å². The molecule has 0 bridgehead atoms. The molecule has 5 heteroatoms. The van der Waals surface area contributed by atoms with E-state index in [0.29, 0.717) is 0 Å². The summed E-state index contributed by atoms with van der Waals surface area (Å²) in [7, 11) is 0. The molecule has 0 fully saturated rings. The maximum absolute atomic E-state index is 13.8. The van der Waals surface area contributed by atoms with Crippen molar-refractivity contribution in [3.63, 3.8) is 0 Å².